The molecule has 0 aliphatic rings. The smallest absolute Gasteiger partial charge is 0.152 e. The molecule has 0 radical (unpaired) electrons. The van der Waals surface area contributed by atoms with Crippen LogP contribution in [0.2, 0.25) is 5.15 Å². The molecule has 3 heterocycles. The fourth-order valence-electron chi connectivity index (χ4n) is 3.75. The number of aromatic nitrogens is 6. The average molecular weight is 488 g/mol. The monoisotopic (exact) mass is 487 g/mol. The highest BCUT2D eigenvalue weighted by atomic mass is 35.5. The second-order valence-electron chi connectivity index (χ2n) is 7.78. The first-order chi connectivity index (χ1) is 17.0. The van der Waals surface area contributed by atoms with Crippen molar-refractivity contribution in [3.05, 3.63) is 78.2 Å². The average Bonchev–Trinajstić information content (AvgIpc) is 3.33. The molecule has 5 aromatic rings. The van der Waals surface area contributed by atoms with E-state index in [0.717, 1.165) is 33.7 Å². The Morgan fingerprint density at radius 2 is 1.66 bits per heavy atom. The highest BCUT2D eigenvalue weighted by Gasteiger charge is 2.17. The summed E-state index contributed by atoms with van der Waals surface area (Å²) in [5.74, 6) is 1.32. The Bertz CT molecular complexity index is 1480. The third-order valence-electron chi connectivity index (χ3n) is 5.52. The minimum absolute atomic E-state index is 0.340. The van der Waals surface area contributed by atoms with E-state index >= 15 is 0 Å². The largest absolute Gasteiger partial charge is 0.497 e. The number of hydrogen-bond donors (Lipinski definition) is 0. The molecule has 0 amide bonds. The van der Waals surface area contributed by atoms with E-state index in [9.17, 15) is 0 Å². The number of nitrogens with zero attached hydrogens (tertiary/aromatic N) is 7. The molecule has 0 spiro atoms. The number of halogens is 1. The van der Waals surface area contributed by atoms with Crippen molar-refractivity contribution in [2.75, 3.05) is 19.1 Å². The first-order valence-electron chi connectivity index (χ1n) is 10.8. The molecule has 176 valence electrons. The van der Waals surface area contributed by atoms with Gasteiger partial charge in [0.05, 0.1) is 55.6 Å². The van der Waals surface area contributed by atoms with Crippen molar-refractivity contribution in [3.8, 4) is 22.8 Å². The van der Waals surface area contributed by atoms with Crippen LogP contribution in [0.4, 0.5) is 11.4 Å². The van der Waals surface area contributed by atoms with Gasteiger partial charge in [-0.15, -0.1) is 0 Å². The Labute approximate surface area is 207 Å². The van der Waals surface area contributed by atoms with Gasteiger partial charge in [-0.25, -0.2) is 9.97 Å². The van der Waals surface area contributed by atoms with Gasteiger partial charge in [-0.2, -0.15) is 5.10 Å². The Morgan fingerprint density at radius 1 is 0.886 bits per heavy atom. The Hall–Kier alpha value is -4.24. The molecule has 0 fully saturated rings. The van der Waals surface area contributed by atoms with Crippen molar-refractivity contribution in [3.63, 3.8) is 0 Å². The lowest BCUT2D eigenvalue weighted by molar-refractivity contribution is 0.394. The van der Waals surface area contributed by atoms with E-state index in [1.807, 2.05) is 49.6 Å². The third-order valence-corrected chi connectivity index (χ3v) is 5.83. The summed E-state index contributed by atoms with van der Waals surface area (Å²) in [7, 11) is 5.11. The first-order valence-corrected chi connectivity index (χ1v) is 11.1. The highest BCUT2D eigenvalue weighted by molar-refractivity contribution is 6.30. The van der Waals surface area contributed by atoms with Gasteiger partial charge < -0.3 is 14.4 Å². The number of rotatable bonds is 7. The van der Waals surface area contributed by atoms with Crippen LogP contribution in [-0.4, -0.2) is 43.9 Å². The van der Waals surface area contributed by atoms with Crippen molar-refractivity contribution < 1.29 is 9.47 Å². The zero-order valence-corrected chi connectivity index (χ0v) is 20.1. The van der Waals surface area contributed by atoms with E-state index in [2.05, 4.69) is 25.0 Å². The van der Waals surface area contributed by atoms with Crippen LogP contribution >= 0.6 is 11.6 Å². The van der Waals surface area contributed by atoms with Crippen LogP contribution in [0.1, 0.15) is 5.69 Å². The molecule has 10 heteroatoms. The molecule has 0 aliphatic heterocycles. The van der Waals surface area contributed by atoms with Crippen LogP contribution in [0, 0.1) is 0 Å². The molecule has 3 aromatic heterocycles. The van der Waals surface area contributed by atoms with E-state index in [1.165, 1.54) is 0 Å². The molecule has 2 aromatic carbocycles. The summed E-state index contributed by atoms with van der Waals surface area (Å²) in [4.78, 5) is 20.1. The normalized spacial score (nSPS) is 11.0. The van der Waals surface area contributed by atoms with Crippen LogP contribution in [-0.2, 0) is 13.6 Å². The maximum atomic E-state index is 6.37. The van der Waals surface area contributed by atoms with E-state index in [4.69, 9.17) is 26.1 Å². The van der Waals surface area contributed by atoms with E-state index in [1.54, 1.807) is 43.7 Å². The number of hydrogen-bond acceptors (Lipinski definition) is 8. The molecule has 0 atom stereocenters. The first kappa shape index (κ1) is 22.5. The minimum Gasteiger partial charge on any atom is -0.497 e. The maximum Gasteiger partial charge on any atom is 0.152 e. The molecule has 0 saturated heterocycles. The van der Waals surface area contributed by atoms with E-state index < -0.39 is 0 Å². The van der Waals surface area contributed by atoms with Gasteiger partial charge in [0.1, 0.15) is 11.5 Å². The molecule has 5 rings (SSSR count). The van der Waals surface area contributed by atoms with Crippen LogP contribution in [0.3, 0.4) is 0 Å². The summed E-state index contributed by atoms with van der Waals surface area (Å²) in [6, 6.07) is 11.6. The lowest BCUT2D eigenvalue weighted by Gasteiger charge is -2.26. The molecule has 35 heavy (non-hydrogen) atoms. The number of ether oxygens (including phenoxy) is 2. The van der Waals surface area contributed by atoms with Crippen LogP contribution in [0.25, 0.3) is 22.3 Å². The number of aryl methyl sites for hydroxylation is 1. The van der Waals surface area contributed by atoms with E-state index in [0.29, 0.717) is 28.9 Å². The van der Waals surface area contributed by atoms with Gasteiger partial charge in [-0.05, 0) is 18.2 Å². The van der Waals surface area contributed by atoms with Gasteiger partial charge in [0.25, 0.3) is 0 Å². The van der Waals surface area contributed by atoms with Gasteiger partial charge in [0.15, 0.2) is 5.15 Å². The van der Waals surface area contributed by atoms with Crippen molar-refractivity contribution in [2.45, 2.75) is 6.54 Å². The SMILES string of the molecule is COc1cc(OC)cc(N(Cc2nccnc2Cl)c2ccc3ncc(-c4cnn(C)c4)nc3c2)c1. The van der Waals surface area contributed by atoms with Crippen molar-refractivity contribution in [1.29, 1.82) is 0 Å². The molecule has 0 aliphatic carbocycles. The molecular weight excluding hydrogens is 466 g/mol. The second-order valence-corrected chi connectivity index (χ2v) is 8.14. The summed E-state index contributed by atoms with van der Waals surface area (Å²) < 4.78 is 12.7. The Balaban J connectivity index is 1.63. The van der Waals surface area contributed by atoms with Gasteiger partial charge in [-0.1, -0.05) is 11.6 Å². The summed E-state index contributed by atoms with van der Waals surface area (Å²) in [6.07, 6.45) is 8.62. The predicted octanol–water partition coefficient (Wildman–Crippen LogP) is 4.83. The quantitative estimate of drug-likeness (QED) is 0.322. The molecule has 0 saturated carbocycles. The summed E-state index contributed by atoms with van der Waals surface area (Å²) in [5.41, 5.74) is 5.50. The topological polar surface area (TPSA) is 91.1 Å². The molecule has 0 bridgehead atoms. The van der Waals surface area contributed by atoms with Crippen LogP contribution < -0.4 is 14.4 Å². The number of methoxy groups -OCH3 is 2. The van der Waals surface area contributed by atoms with Crippen molar-refractivity contribution in [2.24, 2.45) is 7.05 Å². The van der Waals surface area contributed by atoms with Crippen molar-refractivity contribution in [1.82, 2.24) is 29.7 Å². The van der Waals surface area contributed by atoms with Gasteiger partial charge in [0, 0.05) is 60.8 Å². The summed E-state index contributed by atoms with van der Waals surface area (Å²) >= 11 is 6.37. The number of anilines is 2. The second kappa shape index (κ2) is 9.55. The fraction of sp³-hybridized carbons (Fsp3) is 0.160. The Kier molecular flexibility index (Phi) is 6.15. The lowest BCUT2D eigenvalue weighted by atomic mass is 10.1. The maximum absolute atomic E-state index is 6.37. The van der Waals surface area contributed by atoms with E-state index in [-0.39, 0.29) is 0 Å². The number of fused-ring (bicyclic) bond motifs is 1. The molecular formula is C25H22ClN7O2. The van der Waals surface area contributed by atoms with Gasteiger partial charge in [-0.3, -0.25) is 14.6 Å². The highest BCUT2D eigenvalue weighted by Crippen LogP contribution is 2.35. The summed E-state index contributed by atoms with van der Waals surface area (Å²) in [5, 5.41) is 4.58. The minimum atomic E-state index is 0.340. The zero-order valence-electron chi connectivity index (χ0n) is 19.4. The zero-order chi connectivity index (χ0) is 24.4. The third kappa shape index (κ3) is 4.71. The molecule has 0 N–H and O–H groups in total. The van der Waals surface area contributed by atoms with Gasteiger partial charge in [0.2, 0.25) is 0 Å². The van der Waals surface area contributed by atoms with Crippen molar-refractivity contribution >= 4 is 34.0 Å². The summed E-state index contributed by atoms with van der Waals surface area (Å²) in [6.45, 7) is 0.365. The molecule has 0 unspecified atom stereocenters. The lowest BCUT2D eigenvalue weighted by Crippen LogP contribution is -2.18. The number of benzene rings is 2. The van der Waals surface area contributed by atoms with Crippen LogP contribution in [0.15, 0.2) is 67.4 Å². The standard InChI is InChI=1S/C25H22ClN7O2/c1-32-14-16(12-30-32)23-13-29-21-5-4-17(10-22(21)31-23)33(15-24-25(26)28-7-6-27-24)18-8-19(34-2)11-20(9-18)35-3/h4-14H,15H2,1-3H3. The van der Waals surface area contributed by atoms with Crippen LogP contribution in [0.5, 0.6) is 11.5 Å². The Morgan fingerprint density at radius 3 is 2.34 bits per heavy atom. The molecule has 9 nitrogen and oxygen atoms in total. The predicted molar refractivity (Wildman–Crippen MR) is 134 cm³/mol. The van der Waals surface area contributed by atoms with Gasteiger partial charge >= 0.3 is 0 Å². The fourth-order valence-corrected chi connectivity index (χ4v) is 3.91.